The topological polar surface area (TPSA) is 78.5 Å². The molecule has 25 heavy (non-hydrogen) atoms. The molecule has 0 saturated carbocycles. The van der Waals surface area contributed by atoms with Gasteiger partial charge in [0.15, 0.2) is 0 Å². The minimum Gasteiger partial charge on any atom is -0.307 e. The lowest BCUT2D eigenvalue weighted by molar-refractivity contribution is 0.225. The van der Waals surface area contributed by atoms with Crippen LogP contribution in [0.2, 0.25) is 0 Å². The summed E-state index contributed by atoms with van der Waals surface area (Å²) < 4.78 is 27.7. The minimum absolute atomic E-state index is 0.488. The Morgan fingerprint density at radius 2 is 1.72 bits per heavy atom. The van der Waals surface area contributed by atoms with Crippen LogP contribution in [0.25, 0.3) is 0 Å². The molecule has 0 spiro atoms. The molecule has 1 saturated heterocycles. The van der Waals surface area contributed by atoms with Crippen molar-refractivity contribution in [2.45, 2.75) is 43.8 Å². The van der Waals surface area contributed by atoms with Gasteiger partial charge in [0.2, 0.25) is 10.0 Å². The fourth-order valence-corrected chi connectivity index (χ4v) is 5.98. The second-order valence-electron chi connectivity index (χ2n) is 7.11. The molecule has 8 heteroatoms. The maximum absolute atomic E-state index is 12.4. The second-order valence-corrected chi connectivity index (χ2v) is 9.76. The van der Waals surface area contributed by atoms with Gasteiger partial charge in [-0.1, -0.05) is 28.7 Å². The molecule has 136 valence electrons. The monoisotopic (exact) mass is 475 g/mol. The Morgan fingerprint density at radius 1 is 1.12 bits per heavy atom. The maximum Gasteiger partial charge on any atom is 0.332 e. The average Bonchev–Trinajstić information content (AvgIpc) is 3.13. The third kappa shape index (κ3) is 3.28. The molecule has 0 aromatic heterocycles. The number of carbonyl (C=O) groups is 1. The Labute approximate surface area is 161 Å². The first-order valence-electron chi connectivity index (χ1n) is 8.75. The fraction of sp³-hybridized carbons (Fsp3) is 0.588. The quantitative estimate of drug-likeness (QED) is 0.398. The van der Waals surface area contributed by atoms with Crippen LogP contribution in [0.1, 0.15) is 35.1 Å². The molecule has 0 bridgehead atoms. The van der Waals surface area contributed by atoms with Gasteiger partial charge in [-0.25, -0.2) is 17.9 Å². The van der Waals surface area contributed by atoms with E-state index in [1.807, 2.05) is 4.90 Å². The summed E-state index contributed by atoms with van der Waals surface area (Å²) in [6.07, 6.45) is 6.20. The molecule has 4 rings (SSSR count). The first-order chi connectivity index (χ1) is 12.0. The zero-order valence-corrected chi connectivity index (χ0v) is 17.0. The molecule has 1 aromatic rings. The van der Waals surface area contributed by atoms with E-state index >= 15 is 0 Å². The first-order valence-corrected chi connectivity index (χ1v) is 11.8. The van der Waals surface area contributed by atoms with Crippen LogP contribution >= 0.6 is 22.6 Å². The standard InChI is InChI=1S/C17H22IN3O3S/c18-10-21-8-13(9-21)25(23,24)20-17(22)19-16-14-5-1-3-11(14)7-12-4-2-6-15(12)16/h7,13H,1-6,8-10H2,(H2,19,20,22). The summed E-state index contributed by atoms with van der Waals surface area (Å²) in [6, 6.07) is 1.67. The second kappa shape index (κ2) is 6.70. The van der Waals surface area contributed by atoms with E-state index in [2.05, 4.69) is 38.7 Å². The van der Waals surface area contributed by atoms with Gasteiger partial charge in [0.1, 0.15) is 5.25 Å². The highest BCUT2D eigenvalue weighted by atomic mass is 127. The highest BCUT2D eigenvalue weighted by molar-refractivity contribution is 14.1. The van der Waals surface area contributed by atoms with Gasteiger partial charge in [-0.15, -0.1) is 0 Å². The molecule has 0 radical (unpaired) electrons. The van der Waals surface area contributed by atoms with Crippen molar-refractivity contribution in [3.8, 4) is 0 Å². The van der Waals surface area contributed by atoms with Crippen LogP contribution in [-0.2, 0) is 35.7 Å². The van der Waals surface area contributed by atoms with Crippen LogP contribution < -0.4 is 10.0 Å². The van der Waals surface area contributed by atoms with Crippen molar-refractivity contribution >= 4 is 44.3 Å². The molecule has 0 atom stereocenters. The number of amides is 2. The zero-order valence-electron chi connectivity index (χ0n) is 14.0. The number of sulfonamides is 1. The van der Waals surface area contributed by atoms with Gasteiger partial charge in [0, 0.05) is 18.8 Å². The van der Waals surface area contributed by atoms with Crippen LogP contribution in [0.15, 0.2) is 6.07 Å². The summed E-state index contributed by atoms with van der Waals surface area (Å²) in [6.45, 7) is 0.976. The third-order valence-electron chi connectivity index (χ3n) is 5.48. The Kier molecular flexibility index (Phi) is 4.70. The molecule has 2 aliphatic carbocycles. The summed E-state index contributed by atoms with van der Waals surface area (Å²) in [4.78, 5) is 14.4. The van der Waals surface area contributed by atoms with Gasteiger partial charge in [-0.3, -0.25) is 4.90 Å². The van der Waals surface area contributed by atoms with E-state index in [4.69, 9.17) is 0 Å². The number of halogens is 1. The summed E-state index contributed by atoms with van der Waals surface area (Å²) in [7, 11) is -3.62. The highest BCUT2D eigenvalue weighted by Crippen LogP contribution is 2.38. The molecular formula is C17H22IN3O3S. The normalized spacial score (nSPS) is 20.0. The number of urea groups is 1. The number of likely N-dealkylation sites (tertiary alicyclic amines) is 1. The van der Waals surface area contributed by atoms with Crippen LogP contribution in [0.3, 0.4) is 0 Å². The van der Waals surface area contributed by atoms with Gasteiger partial charge in [-0.2, -0.15) is 0 Å². The molecule has 2 amide bonds. The molecule has 2 N–H and O–H groups in total. The number of nitrogens with zero attached hydrogens (tertiary/aromatic N) is 1. The van der Waals surface area contributed by atoms with Crippen LogP contribution in [0, 0.1) is 0 Å². The number of benzene rings is 1. The molecule has 1 aromatic carbocycles. The molecule has 6 nitrogen and oxygen atoms in total. The third-order valence-corrected chi connectivity index (χ3v) is 8.09. The predicted molar refractivity (Wildman–Crippen MR) is 106 cm³/mol. The molecule has 1 aliphatic heterocycles. The smallest absolute Gasteiger partial charge is 0.307 e. The van der Waals surface area contributed by atoms with Crippen molar-refractivity contribution in [1.82, 2.24) is 9.62 Å². The van der Waals surface area contributed by atoms with Gasteiger partial charge < -0.3 is 5.32 Å². The van der Waals surface area contributed by atoms with Crippen LogP contribution in [-0.4, -0.2) is 42.2 Å². The van der Waals surface area contributed by atoms with E-state index < -0.39 is 21.3 Å². The van der Waals surface area contributed by atoms with Crippen molar-refractivity contribution in [2.24, 2.45) is 0 Å². The van der Waals surface area contributed by atoms with Crippen LogP contribution in [0.4, 0.5) is 10.5 Å². The summed E-state index contributed by atoms with van der Waals surface area (Å²) in [5.74, 6) is 0. The van der Waals surface area contributed by atoms with E-state index in [1.165, 1.54) is 22.3 Å². The molecular weight excluding hydrogens is 453 g/mol. The minimum atomic E-state index is -3.62. The Morgan fingerprint density at radius 3 is 2.28 bits per heavy atom. The molecule has 1 heterocycles. The fourth-order valence-electron chi connectivity index (χ4n) is 4.14. The number of rotatable bonds is 4. The SMILES string of the molecule is O=C(Nc1c2c(cc3c1CCC3)CCC2)NS(=O)(=O)C1CN(CI)C1. The van der Waals surface area contributed by atoms with Crippen molar-refractivity contribution in [1.29, 1.82) is 0 Å². The van der Waals surface area contributed by atoms with Crippen molar-refractivity contribution in [3.63, 3.8) is 0 Å². The van der Waals surface area contributed by atoms with Crippen LogP contribution in [0.5, 0.6) is 0 Å². The van der Waals surface area contributed by atoms with Crippen molar-refractivity contribution < 1.29 is 13.2 Å². The molecule has 1 fully saturated rings. The predicted octanol–water partition coefficient (Wildman–Crippen LogP) is 2.19. The number of aryl methyl sites for hydroxylation is 2. The number of fused-ring (bicyclic) bond motifs is 2. The van der Waals surface area contributed by atoms with Gasteiger partial charge in [-0.05, 0) is 60.8 Å². The summed E-state index contributed by atoms with van der Waals surface area (Å²) >= 11 is 2.21. The summed E-state index contributed by atoms with van der Waals surface area (Å²) in [5, 5.41) is 2.38. The lowest BCUT2D eigenvalue weighted by Gasteiger charge is -2.36. The Hall–Kier alpha value is -0.870. The first kappa shape index (κ1) is 17.5. The van der Waals surface area contributed by atoms with E-state index in [1.54, 1.807) is 0 Å². The Balaban J connectivity index is 1.51. The van der Waals surface area contributed by atoms with E-state index in [0.29, 0.717) is 13.1 Å². The van der Waals surface area contributed by atoms with Gasteiger partial charge in [0.25, 0.3) is 0 Å². The van der Waals surface area contributed by atoms with Gasteiger partial charge in [0.05, 0.1) is 4.55 Å². The van der Waals surface area contributed by atoms with E-state index in [9.17, 15) is 13.2 Å². The number of alkyl halides is 1. The summed E-state index contributed by atoms with van der Waals surface area (Å²) in [5.41, 5.74) is 5.91. The molecule has 0 unspecified atom stereocenters. The lowest BCUT2D eigenvalue weighted by atomic mass is 9.99. The lowest BCUT2D eigenvalue weighted by Crippen LogP contribution is -2.57. The van der Waals surface area contributed by atoms with E-state index in [0.717, 1.165) is 48.8 Å². The largest absolute Gasteiger partial charge is 0.332 e. The zero-order chi connectivity index (χ0) is 17.6. The van der Waals surface area contributed by atoms with Gasteiger partial charge >= 0.3 is 6.03 Å². The molecule has 3 aliphatic rings. The number of hydrogen-bond donors (Lipinski definition) is 2. The Bertz CT molecular complexity index is 787. The maximum atomic E-state index is 12.4. The number of nitrogens with one attached hydrogen (secondary N) is 2. The number of anilines is 1. The number of hydrogen-bond acceptors (Lipinski definition) is 4. The van der Waals surface area contributed by atoms with Crippen molar-refractivity contribution in [2.75, 3.05) is 23.0 Å². The number of carbonyl (C=O) groups excluding carboxylic acids is 1. The van der Waals surface area contributed by atoms with Crippen molar-refractivity contribution in [3.05, 3.63) is 28.3 Å². The highest BCUT2D eigenvalue weighted by Gasteiger charge is 2.38. The average molecular weight is 475 g/mol. The van der Waals surface area contributed by atoms with E-state index in [-0.39, 0.29) is 0 Å².